The molecule has 13 heteroatoms. The number of halogens is 5. The first-order valence-corrected chi connectivity index (χ1v) is 11.1. The molecule has 0 aliphatic heterocycles. The predicted molar refractivity (Wildman–Crippen MR) is 117 cm³/mol. The highest BCUT2D eigenvalue weighted by Crippen LogP contribution is 2.36. The maximum atomic E-state index is 13.2. The topological polar surface area (TPSA) is 111 Å². The molecule has 1 heterocycles. The van der Waals surface area contributed by atoms with Crippen molar-refractivity contribution in [1.29, 1.82) is 0 Å². The van der Waals surface area contributed by atoms with Crippen LogP contribution in [0.4, 0.5) is 24.5 Å². The summed E-state index contributed by atoms with van der Waals surface area (Å²) >= 11 is 11.5. The van der Waals surface area contributed by atoms with Crippen LogP contribution in [0.2, 0.25) is 10.0 Å². The standard InChI is InChI=1S/C20H14Cl2F3N3O4S/c1-32-16-4-2-3-14(26)17(16)19(29)18-15(7-10(21)9-27-18)28-33(30,31)11-5-6-13(22)12(8-11)20(23,24)25/h2-9,28H,26H2,1H3. The number of nitrogens with zero attached hydrogens (tertiary/aromatic N) is 1. The summed E-state index contributed by atoms with van der Waals surface area (Å²) in [6.07, 6.45) is -3.79. The highest BCUT2D eigenvalue weighted by molar-refractivity contribution is 7.92. The summed E-state index contributed by atoms with van der Waals surface area (Å²) in [6.45, 7) is 0. The van der Waals surface area contributed by atoms with Gasteiger partial charge in [0.05, 0.1) is 38.9 Å². The van der Waals surface area contributed by atoms with E-state index in [4.69, 9.17) is 33.7 Å². The zero-order valence-corrected chi connectivity index (χ0v) is 18.9. The Morgan fingerprint density at radius 3 is 2.48 bits per heavy atom. The van der Waals surface area contributed by atoms with E-state index in [0.717, 1.165) is 24.4 Å². The van der Waals surface area contributed by atoms with Gasteiger partial charge < -0.3 is 10.5 Å². The summed E-state index contributed by atoms with van der Waals surface area (Å²) in [7, 11) is -3.31. The SMILES string of the molecule is COc1cccc(N)c1C(=O)c1ncc(Cl)cc1NS(=O)(=O)c1ccc(Cl)c(C(F)(F)F)c1. The monoisotopic (exact) mass is 519 g/mol. The minimum atomic E-state index is -4.89. The maximum absolute atomic E-state index is 13.2. The molecular weight excluding hydrogens is 506 g/mol. The van der Waals surface area contributed by atoms with Crippen molar-refractivity contribution in [2.75, 3.05) is 17.6 Å². The number of nitrogen functional groups attached to an aromatic ring is 1. The Balaban J connectivity index is 2.10. The molecule has 2 aromatic carbocycles. The Hall–Kier alpha value is -3.02. The van der Waals surface area contributed by atoms with Gasteiger partial charge in [-0.3, -0.25) is 9.52 Å². The van der Waals surface area contributed by atoms with E-state index in [2.05, 4.69) is 9.71 Å². The van der Waals surface area contributed by atoms with Gasteiger partial charge in [-0.15, -0.1) is 0 Å². The second kappa shape index (κ2) is 9.08. The number of ketones is 1. The second-order valence-electron chi connectivity index (χ2n) is 6.55. The number of rotatable bonds is 6. The lowest BCUT2D eigenvalue weighted by atomic mass is 10.0. The Morgan fingerprint density at radius 2 is 1.85 bits per heavy atom. The van der Waals surface area contributed by atoms with Crippen LogP contribution in [-0.2, 0) is 16.2 Å². The van der Waals surface area contributed by atoms with Gasteiger partial charge in [-0.1, -0.05) is 29.3 Å². The van der Waals surface area contributed by atoms with Crippen molar-refractivity contribution in [3.63, 3.8) is 0 Å². The molecule has 3 N–H and O–H groups in total. The van der Waals surface area contributed by atoms with Crippen molar-refractivity contribution in [1.82, 2.24) is 4.98 Å². The van der Waals surface area contributed by atoms with Crippen LogP contribution in [0.1, 0.15) is 21.6 Å². The quantitative estimate of drug-likeness (QED) is 0.349. The van der Waals surface area contributed by atoms with Crippen molar-refractivity contribution in [3.8, 4) is 5.75 Å². The van der Waals surface area contributed by atoms with Gasteiger partial charge in [0.1, 0.15) is 11.4 Å². The van der Waals surface area contributed by atoms with Crippen LogP contribution in [0, 0.1) is 0 Å². The lowest BCUT2D eigenvalue weighted by Gasteiger charge is -2.15. The van der Waals surface area contributed by atoms with Gasteiger partial charge in [0.25, 0.3) is 10.0 Å². The summed E-state index contributed by atoms with van der Waals surface area (Å²) < 4.78 is 72.4. The van der Waals surface area contributed by atoms with Gasteiger partial charge in [-0.05, 0) is 36.4 Å². The first kappa shape index (κ1) is 24.6. The molecule has 0 aliphatic rings. The van der Waals surface area contributed by atoms with Crippen molar-refractivity contribution >= 4 is 50.4 Å². The van der Waals surface area contributed by atoms with Gasteiger partial charge in [0.15, 0.2) is 0 Å². The molecule has 1 aromatic heterocycles. The van der Waals surface area contributed by atoms with Gasteiger partial charge in [-0.2, -0.15) is 13.2 Å². The number of alkyl halides is 3. The number of benzene rings is 2. The average Bonchev–Trinajstić information content (AvgIpc) is 2.72. The number of methoxy groups -OCH3 is 1. The summed E-state index contributed by atoms with van der Waals surface area (Å²) in [4.78, 5) is 16.3. The number of aromatic nitrogens is 1. The van der Waals surface area contributed by atoms with E-state index in [9.17, 15) is 26.4 Å². The molecule has 0 saturated carbocycles. The van der Waals surface area contributed by atoms with Gasteiger partial charge in [0, 0.05) is 11.9 Å². The van der Waals surface area contributed by atoms with E-state index in [0.29, 0.717) is 6.07 Å². The van der Waals surface area contributed by atoms with Crippen LogP contribution < -0.4 is 15.2 Å². The van der Waals surface area contributed by atoms with Crippen molar-refractivity contribution in [2.24, 2.45) is 0 Å². The third kappa shape index (κ3) is 5.15. The van der Waals surface area contributed by atoms with Gasteiger partial charge in [-0.25, -0.2) is 13.4 Å². The largest absolute Gasteiger partial charge is 0.496 e. The van der Waals surface area contributed by atoms with Gasteiger partial charge in [0.2, 0.25) is 5.78 Å². The number of sulfonamides is 1. The number of nitrogens with two attached hydrogens (primary N) is 1. The highest BCUT2D eigenvalue weighted by atomic mass is 35.5. The van der Waals surface area contributed by atoms with Crippen LogP contribution in [0.15, 0.2) is 53.6 Å². The average molecular weight is 520 g/mol. The molecule has 174 valence electrons. The lowest BCUT2D eigenvalue weighted by Crippen LogP contribution is -2.18. The number of hydrogen-bond acceptors (Lipinski definition) is 6. The number of carbonyl (C=O) groups is 1. The van der Waals surface area contributed by atoms with E-state index in [-0.39, 0.29) is 27.7 Å². The number of carbonyl (C=O) groups excluding carboxylic acids is 1. The van der Waals surface area contributed by atoms with E-state index >= 15 is 0 Å². The molecule has 33 heavy (non-hydrogen) atoms. The third-order valence-corrected chi connectivity index (χ3v) is 6.27. The summed E-state index contributed by atoms with van der Waals surface area (Å²) in [5.41, 5.74) is 3.74. The third-order valence-electron chi connectivity index (χ3n) is 4.37. The van der Waals surface area contributed by atoms with Crippen LogP contribution in [-0.4, -0.2) is 26.3 Å². The van der Waals surface area contributed by atoms with E-state index in [1.165, 1.54) is 19.2 Å². The van der Waals surface area contributed by atoms with Crippen LogP contribution >= 0.6 is 23.2 Å². The number of pyridine rings is 1. The molecule has 0 aliphatic carbocycles. The molecule has 0 spiro atoms. The molecule has 0 bridgehead atoms. The van der Waals surface area contributed by atoms with Crippen molar-refractivity contribution < 1.29 is 31.1 Å². The number of ether oxygens (including phenoxy) is 1. The number of nitrogens with one attached hydrogen (secondary N) is 1. The molecule has 0 saturated heterocycles. The molecule has 0 amide bonds. The number of anilines is 2. The zero-order valence-electron chi connectivity index (χ0n) is 16.6. The fraction of sp³-hybridized carbons (Fsp3) is 0.100. The van der Waals surface area contributed by atoms with E-state index in [1.54, 1.807) is 6.07 Å². The van der Waals surface area contributed by atoms with Crippen LogP contribution in [0.5, 0.6) is 5.75 Å². The maximum Gasteiger partial charge on any atom is 0.417 e. The fourth-order valence-electron chi connectivity index (χ4n) is 2.87. The molecule has 0 radical (unpaired) electrons. The first-order chi connectivity index (χ1) is 15.3. The van der Waals surface area contributed by atoms with E-state index < -0.39 is 43.2 Å². The molecule has 0 unspecified atom stereocenters. The smallest absolute Gasteiger partial charge is 0.417 e. The van der Waals surface area contributed by atoms with Crippen LogP contribution in [0.25, 0.3) is 0 Å². The molecule has 7 nitrogen and oxygen atoms in total. The molecule has 3 aromatic rings. The normalized spacial score (nSPS) is 11.8. The van der Waals surface area contributed by atoms with Crippen LogP contribution in [0.3, 0.4) is 0 Å². The summed E-state index contributed by atoms with van der Waals surface area (Å²) in [5.74, 6) is -0.690. The Labute approximate surface area is 196 Å². The molecule has 0 atom stereocenters. The first-order valence-electron chi connectivity index (χ1n) is 8.87. The summed E-state index contributed by atoms with van der Waals surface area (Å²) in [6, 6.07) is 7.60. The fourth-order valence-corrected chi connectivity index (χ4v) is 4.34. The molecule has 0 fully saturated rings. The van der Waals surface area contributed by atoms with Crippen molar-refractivity contribution in [2.45, 2.75) is 11.1 Å². The Bertz CT molecular complexity index is 1350. The zero-order chi connectivity index (χ0) is 24.6. The minimum absolute atomic E-state index is 0.0377. The second-order valence-corrected chi connectivity index (χ2v) is 9.07. The summed E-state index contributed by atoms with van der Waals surface area (Å²) in [5, 5.41) is -0.710. The Kier molecular flexibility index (Phi) is 6.78. The van der Waals surface area contributed by atoms with E-state index in [1.807, 2.05) is 0 Å². The predicted octanol–water partition coefficient (Wildman–Crippen LogP) is 5.03. The Morgan fingerprint density at radius 1 is 1.15 bits per heavy atom. The molecule has 3 rings (SSSR count). The molecular formula is C20H14Cl2F3N3O4S. The van der Waals surface area contributed by atoms with Gasteiger partial charge >= 0.3 is 6.18 Å². The minimum Gasteiger partial charge on any atom is -0.496 e. The highest BCUT2D eigenvalue weighted by Gasteiger charge is 2.35. The number of hydrogen-bond donors (Lipinski definition) is 2. The lowest BCUT2D eigenvalue weighted by molar-refractivity contribution is -0.137. The van der Waals surface area contributed by atoms with Crippen molar-refractivity contribution in [3.05, 3.63) is 75.5 Å².